The van der Waals surface area contributed by atoms with E-state index in [1.54, 1.807) is 4.90 Å². The van der Waals surface area contributed by atoms with Crippen molar-refractivity contribution in [1.29, 1.82) is 0 Å². The monoisotopic (exact) mass is 441 g/mol. The van der Waals surface area contributed by atoms with Crippen LogP contribution in [-0.2, 0) is 16.1 Å². The van der Waals surface area contributed by atoms with Gasteiger partial charge in [0.05, 0.1) is 12.5 Å². The summed E-state index contributed by atoms with van der Waals surface area (Å²) in [7, 11) is 0. The first-order chi connectivity index (χ1) is 15.2. The minimum atomic E-state index is -0.703. The van der Waals surface area contributed by atoms with Crippen molar-refractivity contribution < 1.29 is 9.59 Å². The summed E-state index contributed by atoms with van der Waals surface area (Å²) >= 11 is 0. The van der Waals surface area contributed by atoms with Gasteiger partial charge in [-0.05, 0) is 24.8 Å². The molecule has 1 atom stereocenters. The molecule has 1 aliphatic rings. The number of nitrogens with two attached hydrogens (primary N) is 1. The fraction of sp³-hybridized carbons (Fsp3) is 0.478. The third-order valence-corrected chi connectivity index (χ3v) is 5.81. The third-order valence-electron chi connectivity index (χ3n) is 5.81. The van der Waals surface area contributed by atoms with Gasteiger partial charge in [-0.25, -0.2) is 4.79 Å². The number of H-pyrrole nitrogens is 1. The van der Waals surface area contributed by atoms with Gasteiger partial charge in [0.25, 0.3) is 5.56 Å². The van der Waals surface area contributed by atoms with Gasteiger partial charge in [-0.3, -0.25) is 23.9 Å². The molecule has 0 bridgehead atoms. The van der Waals surface area contributed by atoms with E-state index in [-0.39, 0.29) is 48.7 Å². The average molecular weight is 442 g/mol. The van der Waals surface area contributed by atoms with Gasteiger partial charge in [-0.15, -0.1) is 0 Å². The van der Waals surface area contributed by atoms with Crippen molar-refractivity contribution in [2.24, 2.45) is 11.8 Å². The lowest BCUT2D eigenvalue weighted by Crippen LogP contribution is -2.44. The number of likely N-dealkylation sites (tertiary alicyclic amines) is 1. The van der Waals surface area contributed by atoms with E-state index in [2.05, 4.69) is 4.98 Å². The first-order valence-corrected chi connectivity index (χ1v) is 11.0. The number of nitrogens with zero attached hydrogens (tertiary/aromatic N) is 3. The molecular formula is C23H31N5O4. The van der Waals surface area contributed by atoms with Crippen molar-refractivity contribution in [3.05, 3.63) is 56.7 Å². The molecule has 0 spiro atoms. The Morgan fingerprint density at radius 2 is 1.91 bits per heavy atom. The molecule has 1 aromatic heterocycles. The highest BCUT2D eigenvalue weighted by Crippen LogP contribution is 2.25. The highest BCUT2D eigenvalue weighted by Gasteiger charge is 2.37. The van der Waals surface area contributed by atoms with Crippen molar-refractivity contribution in [3.63, 3.8) is 0 Å². The van der Waals surface area contributed by atoms with Gasteiger partial charge in [0.1, 0.15) is 5.82 Å². The van der Waals surface area contributed by atoms with E-state index in [1.165, 1.54) is 9.47 Å². The van der Waals surface area contributed by atoms with Crippen LogP contribution >= 0.6 is 0 Å². The lowest BCUT2D eigenvalue weighted by atomic mass is 10.0. The van der Waals surface area contributed by atoms with E-state index >= 15 is 0 Å². The molecule has 2 aromatic rings. The van der Waals surface area contributed by atoms with Crippen LogP contribution in [0.5, 0.6) is 0 Å². The molecule has 172 valence electrons. The topological polar surface area (TPSA) is 122 Å². The first-order valence-electron chi connectivity index (χ1n) is 11.0. The van der Waals surface area contributed by atoms with Gasteiger partial charge in [-0.2, -0.15) is 0 Å². The summed E-state index contributed by atoms with van der Waals surface area (Å²) in [4.78, 5) is 56.4. The molecule has 1 aliphatic heterocycles. The molecule has 0 radical (unpaired) electrons. The maximum absolute atomic E-state index is 13.5. The quantitative estimate of drug-likeness (QED) is 0.642. The summed E-state index contributed by atoms with van der Waals surface area (Å²) in [6, 6.07) is 9.25. The fourth-order valence-electron chi connectivity index (χ4n) is 3.94. The van der Waals surface area contributed by atoms with Crippen LogP contribution in [0, 0.1) is 11.8 Å². The Labute approximate surface area is 186 Å². The number of anilines is 2. The molecule has 1 saturated heterocycles. The highest BCUT2D eigenvalue weighted by atomic mass is 16.2. The summed E-state index contributed by atoms with van der Waals surface area (Å²) in [6.07, 6.45) is 0.743. The molecule has 32 heavy (non-hydrogen) atoms. The van der Waals surface area contributed by atoms with E-state index in [0.29, 0.717) is 19.5 Å². The Hall–Kier alpha value is -3.36. The van der Waals surface area contributed by atoms with Crippen LogP contribution in [0.3, 0.4) is 0 Å². The molecule has 0 unspecified atom stereocenters. The molecule has 3 rings (SSSR count). The summed E-state index contributed by atoms with van der Waals surface area (Å²) in [5.74, 6) is -0.736. The van der Waals surface area contributed by atoms with Gasteiger partial charge < -0.3 is 15.5 Å². The van der Waals surface area contributed by atoms with Gasteiger partial charge in [0.2, 0.25) is 11.8 Å². The number of nitrogens with one attached hydrogen (secondary N) is 1. The summed E-state index contributed by atoms with van der Waals surface area (Å²) in [5.41, 5.74) is 5.79. The van der Waals surface area contributed by atoms with E-state index in [0.717, 1.165) is 5.56 Å². The van der Waals surface area contributed by atoms with E-state index < -0.39 is 17.2 Å². The minimum Gasteiger partial charge on any atom is -0.383 e. The smallest absolute Gasteiger partial charge is 0.330 e. The minimum absolute atomic E-state index is 0.0337. The number of carbonyl (C=O) groups excluding carboxylic acids is 2. The van der Waals surface area contributed by atoms with Crippen LogP contribution in [0.15, 0.2) is 39.9 Å². The molecule has 9 heteroatoms. The maximum atomic E-state index is 13.5. The first kappa shape index (κ1) is 23.3. The third kappa shape index (κ3) is 4.92. The Morgan fingerprint density at radius 3 is 2.50 bits per heavy atom. The Morgan fingerprint density at radius 1 is 1.22 bits per heavy atom. The number of hydrogen-bond acceptors (Lipinski definition) is 5. The molecule has 1 fully saturated rings. The lowest BCUT2D eigenvalue weighted by Gasteiger charge is -2.27. The molecule has 1 aromatic carbocycles. The molecule has 0 saturated carbocycles. The second-order valence-corrected chi connectivity index (χ2v) is 8.57. The number of carbonyl (C=O) groups is 2. The van der Waals surface area contributed by atoms with E-state index in [1.807, 2.05) is 51.1 Å². The van der Waals surface area contributed by atoms with Crippen molar-refractivity contribution in [3.8, 4) is 0 Å². The number of hydrogen-bond donors (Lipinski definition) is 2. The van der Waals surface area contributed by atoms with Crippen molar-refractivity contribution in [2.75, 3.05) is 30.3 Å². The molecule has 2 amide bonds. The molecule has 0 aliphatic carbocycles. The Kier molecular flexibility index (Phi) is 7.17. The number of benzene rings is 1. The van der Waals surface area contributed by atoms with Crippen LogP contribution in [-0.4, -0.2) is 45.9 Å². The second-order valence-electron chi connectivity index (χ2n) is 8.57. The van der Waals surface area contributed by atoms with Crippen LogP contribution in [0.2, 0.25) is 0 Å². The predicted molar refractivity (Wildman–Crippen MR) is 123 cm³/mol. The number of amides is 2. The van der Waals surface area contributed by atoms with Crippen LogP contribution in [0.1, 0.15) is 39.2 Å². The maximum Gasteiger partial charge on any atom is 0.330 e. The van der Waals surface area contributed by atoms with Gasteiger partial charge >= 0.3 is 5.69 Å². The average Bonchev–Trinajstić information content (AvgIpc) is 3.14. The van der Waals surface area contributed by atoms with Crippen molar-refractivity contribution in [1.82, 2.24) is 14.5 Å². The van der Waals surface area contributed by atoms with Crippen molar-refractivity contribution in [2.45, 2.75) is 40.2 Å². The molecule has 3 N–H and O–H groups in total. The zero-order valence-corrected chi connectivity index (χ0v) is 18.8. The highest BCUT2D eigenvalue weighted by molar-refractivity contribution is 6.00. The summed E-state index contributed by atoms with van der Waals surface area (Å²) in [5, 5.41) is 0. The zero-order chi connectivity index (χ0) is 23.4. The Bertz CT molecular complexity index is 1090. The normalized spacial score (nSPS) is 16.1. The van der Waals surface area contributed by atoms with Crippen LogP contribution < -0.4 is 21.9 Å². The Balaban J connectivity index is 2.03. The molecule has 9 nitrogen and oxygen atoms in total. The van der Waals surface area contributed by atoms with Gasteiger partial charge in [0, 0.05) is 26.1 Å². The molecule has 2 heterocycles. The van der Waals surface area contributed by atoms with Crippen LogP contribution in [0.25, 0.3) is 0 Å². The van der Waals surface area contributed by atoms with E-state index in [4.69, 9.17) is 5.73 Å². The summed E-state index contributed by atoms with van der Waals surface area (Å²) < 4.78 is 1.26. The lowest BCUT2D eigenvalue weighted by molar-refractivity contribution is -0.128. The van der Waals surface area contributed by atoms with Gasteiger partial charge in [-0.1, -0.05) is 44.2 Å². The summed E-state index contributed by atoms with van der Waals surface area (Å²) in [6.45, 7) is 7.17. The van der Waals surface area contributed by atoms with Gasteiger partial charge in [0.15, 0.2) is 5.69 Å². The molecular weight excluding hydrogens is 410 g/mol. The number of rotatable bonds is 8. The van der Waals surface area contributed by atoms with Crippen LogP contribution in [0.4, 0.5) is 11.5 Å². The number of aromatic nitrogens is 2. The SMILES string of the molecule is CCN1C[C@H](C(=O)N(CCC(C)C)c2c(N)n(Cc3ccccc3)c(=O)[nH]c2=O)CC1=O. The fourth-order valence-corrected chi connectivity index (χ4v) is 3.94. The standard InChI is InChI=1S/C23H31N5O4/c1-4-26-14-17(12-18(26)29)22(31)27(11-10-15(2)3)19-20(24)28(23(32)25-21(19)30)13-16-8-6-5-7-9-16/h5-9,15,17H,4,10-14,24H2,1-3H3,(H,25,30,32)/t17-/m1/s1. The largest absolute Gasteiger partial charge is 0.383 e. The van der Waals surface area contributed by atoms with E-state index in [9.17, 15) is 19.2 Å². The second kappa shape index (κ2) is 9.84. The number of nitrogen functional groups attached to an aromatic ring is 1. The number of aromatic amines is 1. The zero-order valence-electron chi connectivity index (χ0n) is 18.8. The predicted octanol–water partition coefficient (Wildman–Crippen LogP) is 1.41. The van der Waals surface area contributed by atoms with Crippen molar-refractivity contribution >= 4 is 23.3 Å².